The Kier molecular flexibility index (Phi) is 11.5. The number of unbranched alkanes of at least 4 members (excludes halogenated alkanes) is 1. The molecule has 1 aliphatic rings. The molecule has 2 rings (SSSR count). The molecule has 1 aromatic carbocycles. The van der Waals surface area contributed by atoms with Crippen LogP contribution in [0.3, 0.4) is 0 Å². The van der Waals surface area contributed by atoms with E-state index in [0.717, 1.165) is 51.0 Å². The fourth-order valence-electron chi connectivity index (χ4n) is 2.85. The van der Waals surface area contributed by atoms with Crippen molar-refractivity contribution >= 4 is 24.8 Å². The maximum absolute atomic E-state index is 12.4. The number of nitrogens with one attached hydrogen (secondary N) is 1. The van der Waals surface area contributed by atoms with Gasteiger partial charge in [-0.3, -0.25) is 4.90 Å². The van der Waals surface area contributed by atoms with E-state index in [2.05, 4.69) is 21.9 Å². The first-order chi connectivity index (χ1) is 10.2. The largest absolute Gasteiger partial charge is 0.435 e. The highest BCUT2D eigenvalue weighted by atomic mass is 35.5. The minimum absolute atomic E-state index is 0. The average Bonchev–Trinajstić information content (AvgIpc) is 2.48. The fraction of sp³-hybridized carbons (Fsp3) is 0.625. The monoisotopic (exact) mass is 370 g/mol. The van der Waals surface area contributed by atoms with Crippen molar-refractivity contribution in [3.05, 3.63) is 29.8 Å². The Labute approximate surface area is 149 Å². The van der Waals surface area contributed by atoms with E-state index in [1.807, 2.05) is 6.07 Å². The molecule has 0 spiro atoms. The lowest BCUT2D eigenvalue weighted by molar-refractivity contribution is -0.0499. The molecular weight excluding hydrogens is 345 g/mol. The Hall–Kier alpha value is -0.620. The highest BCUT2D eigenvalue weighted by molar-refractivity contribution is 5.85. The number of nitrogens with zero attached hydrogens (tertiary/aromatic N) is 1. The van der Waals surface area contributed by atoms with Gasteiger partial charge in [-0.05, 0) is 24.1 Å². The highest BCUT2D eigenvalue weighted by Gasteiger charge is 2.22. The summed E-state index contributed by atoms with van der Waals surface area (Å²) in [5, 5.41) is 3.35. The van der Waals surface area contributed by atoms with Crippen molar-refractivity contribution in [2.24, 2.45) is 0 Å². The summed E-state index contributed by atoms with van der Waals surface area (Å²) in [4.78, 5) is 2.44. The lowest BCUT2D eigenvalue weighted by Crippen LogP contribution is -2.45. The van der Waals surface area contributed by atoms with Crippen molar-refractivity contribution in [2.75, 3.05) is 26.2 Å². The molecule has 0 aliphatic carbocycles. The van der Waals surface area contributed by atoms with Crippen molar-refractivity contribution in [3.8, 4) is 5.75 Å². The van der Waals surface area contributed by atoms with Crippen LogP contribution in [0.4, 0.5) is 8.78 Å². The van der Waals surface area contributed by atoms with Gasteiger partial charge in [0, 0.05) is 32.2 Å². The summed E-state index contributed by atoms with van der Waals surface area (Å²) < 4.78 is 29.3. The van der Waals surface area contributed by atoms with Crippen molar-refractivity contribution in [1.29, 1.82) is 0 Å². The van der Waals surface area contributed by atoms with E-state index >= 15 is 0 Å². The van der Waals surface area contributed by atoms with Gasteiger partial charge in [0.25, 0.3) is 0 Å². The van der Waals surface area contributed by atoms with Crippen LogP contribution in [-0.2, 0) is 0 Å². The Balaban J connectivity index is 0.00000242. The molecule has 1 fully saturated rings. The Bertz CT molecular complexity index is 432. The number of alkyl halides is 2. The average molecular weight is 371 g/mol. The van der Waals surface area contributed by atoms with Crippen molar-refractivity contribution in [1.82, 2.24) is 10.2 Å². The summed E-state index contributed by atoms with van der Waals surface area (Å²) in [5.74, 6) is 0.249. The smallest absolute Gasteiger partial charge is 0.387 e. The number of halogens is 4. The first kappa shape index (κ1) is 22.4. The maximum Gasteiger partial charge on any atom is 0.387 e. The van der Waals surface area contributed by atoms with Gasteiger partial charge in [-0.2, -0.15) is 8.78 Å². The summed E-state index contributed by atoms with van der Waals surface area (Å²) in [5.41, 5.74) is 1.07. The molecule has 1 N–H and O–H groups in total. The molecule has 134 valence electrons. The molecule has 0 bridgehead atoms. The molecule has 0 unspecified atom stereocenters. The zero-order chi connectivity index (χ0) is 15.1. The molecule has 23 heavy (non-hydrogen) atoms. The minimum Gasteiger partial charge on any atom is -0.435 e. The van der Waals surface area contributed by atoms with Gasteiger partial charge in [0.1, 0.15) is 5.75 Å². The summed E-state index contributed by atoms with van der Waals surface area (Å²) in [6, 6.07) is 7.45. The molecule has 7 heteroatoms. The first-order valence-corrected chi connectivity index (χ1v) is 7.70. The van der Waals surface area contributed by atoms with Gasteiger partial charge in [-0.1, -0.05) is 31.9 Å². The summed E-state index contributed by atoms with van der Waals surface area (Å²) >= 11 is 0. The second-order valence-corrected chi connectivity index (χ2v) is 5.39. The van der Waals surface area contributed by atoms with Crippen LogP contribution in [0.15, 0.2) is 24.3 Å². The standard InChI is InChI=1S/C16H24F2N2O.2ClH/c1-2-3-7-15(20-10-8-19-9-11-20)13-5-4-6-14(12-13)21-16(17)18;;/h4-6,12,15-16,19H,2-3,7-11H2,1H3;2*1H/t15-;;/m1../s1. The second kappa shape index (κ2) is 11.8. The van der Waals surface area contributed by atoms with Crippen LogP contribution in [0.25, 0.3) is 0 Å². The molecule has 1 atom stereocenters. The van der Waals surface area contributed by atoms with Crippen LogP contribution in [-0.4, -0.2) is 37.7 Å². The molecule has 1 saturated heterocycles. The number of ether oxygens (including phenoxy) is 1. The zero-order valence-electron chi connectivity index (χ0n) is 13.3. The molecular formula is C16H26Cl2F2N2O. The van der Waals surface area contributed by atoms with E-state index in [4.69, 9.17) is 0 Å². The fourth-order valence-corrected chi connectivity index (χ4v) is 2.85. The van der Waals surface area contributed by atoms with Gasteiger partial charge < -0.3 is 10.1 Å². The van der Waals surface area contributed by atoms with Crippen LogP contribution < -0.4 is 10.1 Å². The van der Waals surface area contributed by atoms with E-state index in [0.29, 0.717) is 0 Å². The number of hydrogen-bond acceptors (Lipinski definition) is 3. The van der Waals surface area contributed by atoms with E-state index in [1.54, 1.807) is 18.2 Å². The Morgan fingerprint density at radius 1 is 1.22 bits per heavy atom. The van der Waals surface area contributed by atoms with E-state index in [-0.39, 0.29) is 36.6 Å². The van der Waals surface area contributed by atoms with Gasteiger partial charge in [0.15, 0.2) is 0 Å². The zero-order valence-corrected chi connectivity index (χ0v) is 15.0. The lowest BCUT2D eigenvalue weighted by Gasteiger charge is -2.35. The third kappa shape index (κ3) is 7.21. The van der Waals surface area contributed by atoms with Crippen LogP contribution in [0.2, 0.25) is 0 Å². The van der Waals surface area contributed by atoms with E-state index in [1.165, 1.54) is 0 Å². The summed E-state index contributed by atoms with van der Waals surface area (Å²) in [7, 11) is 0. The van der Waals surface area contributed by atoms with Crippen molar-refractivity contribution < 1.29 is 13.5 Å². The highest BCUT2D eigenvalue weighted by Crippen LogP contribution is 2.29. The first-order valence-electron chi connectivity index (χ1n) is 7.70. The minimum atomic E-state index is -2.77. The van der Waals surface area contributed by atoms with Crippen LogP contribution in [0.5, 0.6) is 5.75 Å². The quantitative estimate of drug-likeness (QED) is 0.775. The second-order valence-electron chi connectivity index (χ2n) is 5.39. The van der Waals surface area contributed by atoms with E-state index in [9.17, 15) is 8.78 Å². The lowest BCUT2D eigenvalue weighted by atomic mass is 9.98. The van der Waals surface area contributed by atoms with Gasteiger partial charge in [0.05, 0.1) is 0 Å². The van der Waals surface area contributed by atoms with Crippen LogP contribution >= 0.6 is 24.8 Å². The molecule has 0 radical (unpaired) electrons. The molecule has 3 nitrogen and oxygen atoms in total. The normalized spacial score (nSPS) is 16.3. The summed E-state index contributed by atoms with van der Waals surface area (Å²) in [6.45, 7) is 3.35. The maximum atomic E-state index is 12.4. The van der Waals surface area contributed by atoms with Gasteiger partial charge in [-0.15, -0.1) is 24.8 Å². The molecule has 1 aliphatic heterocycles. The third-order valence-electron chi connectivity index (χ3n) is 3.89. The predicted octanol–water partition coefficient (Wildman–Crippen LogP) is 4.27. The van der Waals surface area contributed by atoms with Crippen molar-refractivity contribution in [3.63, 3.8) is 0 Å². The van der Waals surface area contributed by atoms with Gasteiger partial charge in [-0.25, -0.2) is 0 Å². The summed E-state index contributed by atoms with van der Waals surface area (Å²) in [6.07, 6.45) is 3.32. The number of piperazine rings is 1. The molecule has 1 heterocycles. The topological polar surface area (TPSA) is 24.5 Å². The van der Waals surface area contributed by atoms with Crippen LogP contribution in [0, 0.1) is 0 Å². The SMILES string of the molecule is CCCC[C@H](c1cccc(OC(F)F)c1)N1CCNCC1.Cl.Cl. The van der Waals surface area contributed by atoms with Crippen molar-refractivity contribution in [2.45, 2.75) is 38.8 Å². The molecule has 0 aromatic heterocycles. The number of hydrogen-bond donors (Lipinski definition) is 1. The Morgan fingerprint density at radius 2 is 1.91 bits per heavy atom. The van der Waals surface area contributed by atoms with E-state index < -0.39 is 6.61 Å². The van der Waals surface area contributed by atoms with Gasteiger partial charge in [0.2, 0.25) is 0 Å². The third-order valence-corrected chi connectivity index (χ3v) is 3.89. The number of rotatable bonds is 7. The molecule has 1 aromatic rings. The molecule has 0 saturated carbocycles. The predicted molar refractivity (Wildman–Crippen MR) is 94.3 cm³/mol. The van der Waals surface area contributed by atoms with Crippen LogP contribution in [0.1, 0.15) is 37.8 Å². The van der Waals surface area contributed by atoms with Gasteiger partial charge >= 0.3 is 6.61 Å². The Morgan fingerprint density at radius 3 is 2.52 bits per heavy atom. The number of benzene rings is 1. The molecule has 0 amide bonds.